The van der Waals surface area contributed by atoms with Crippen LogP contribution in [0, 0.1) is 68.0 Å². The van der Waals surface area contributed by atoms with Crippen LogP contribution in [0.15, 0.2) is 23.8 Å². The standard InChI is InChI=1S/C31H43NO2/c1-19(2)21-10-13-31(18-33)15-14-29(6)22(25(21)31)8-9-24-28(5)16-20(17-32)26(34)27(3,4)23(28)11-12-30(24,29)7/h16,18,21-25H,1,8-15H2,2-7H3. The zero-order chi connectivity index (χ0) is 24.9. The topological polar surface area (TPSA) is 57.9 Å². The van der Waals surface area contributed by atoms with Gasteiger partial charge in [0, 0.05) is 10.8 Å². The van der Waals surface area contributed by atoms with E-state index in [1.54, 1.807) is 0 Å². The number of hydrogen-bond acceptors (Lipinski definition) is 3. The summed E-state index contributed by atoms with van der Waals surface area (Å²) in [7, 11) is 0. The SMILES string of the molecule is C=C(C)C1CCC2(C=O)CCC3(C)C(CCC4C5(C)C=C(C#N)C(=O)C(C)(C)C5CCC43C)C12. The number of rotatable bonds is 2. The Hall–Kier alpha value is -1.69. The van der Waals surface area contributed by atoms with Gasteiger partial charge < -0.3 is 4.79 Å². The quantitative estimate of drug-likeness (QED) is 0.326. The van der Waals surface area contributed by atoms with Crippen LogP contribution in [-0.2, 0) is 9.59 Å². The number of hydrogen-bond donors (Lipinski definition) is 0. The molecule has 9 unspecified atom stereocenters. The molecule has 4 fully saturated rings. The Morgan fingerprint density at radius 1 is 1.00 bits per heavy atom. The van der Waals surface area contributed by atoms with Gasteiger partial charge in [-0.1, -0.05) is 52.8 Å². The van der Waals surface area contributed by atoms with E-state index in [0.29, 0.717) is 29.2 Å². The van der Waals surface area contributed by atoms with Crippen LogP contribution in [0.1, 0.15) is 92.9 Å². The molecule has 5 aliphatic carbocycles. The van der Waals surface area contributed by atoms with Gasteiger partial charge >= 0.3 is 0 Å². The lowest BCUT2D eigenvalue weighted by Crippen LogP contribution is -2.65. The van der Waals surface area contributed by atoms with Gasteiger partial charge in [-0.2, -0.15) is 5.26 Å². The highest BCUT2D eigenvalue weighted by atomic mass is 16.1. The Bertz CT molecular complexity index is 1030. The van der Waals surface area contributed by atoms with Crippen LogP contribution in [0.5, 0.6) is 0 Å². The van der Waals surface area contributed by atoms with Crippen molar-refractivity contribution in [3.63, 3.8) is 0 Å². The number of allylic oxidation sites excluding steroid dienone is 3. The Kier molecular flexibility index (Phi) is 5.07. The van der Waals surface area contributed by atoms with E-state index in [2.05, 4.69) is 60.3 Å². The number of aldehydes is 1. The summed E-state index contributed by atoms with van der Waals surface area (Å²) in [5.74, 6) is 2.16. The summed E-state index contributed by atoms with van der Waals surface area (Å²) in [5.41, 5.74) is 1.12. The number of Topliss-reactive ketones (excluding diaryl/α,β-unsaturated/α-hetero) is 1. The molecule has 0 radical (unpaired) electrons. The fourth-order valence-corrected chi connectivity index (χ4v) is 11.0. The molecule has 184 valence electrons. The van der Waals surface area contributed by atoms with Gasteiger partial charge in [-0.15, -0.1) is 0 Å². The molecule has 3 nitrogen and oxygen atoms in total. The summed E-state index contributed by atoms with van der Waals surface area (Å²) in [6.45, 7) is 18.1. The largest absolute Gasteiger partial charge is 0.303 e. The molecule has 0 aliphatic heterocycles. The first-order valence-corrected chi connectivity index (χ1v) is 13.6. The number of carbonyl (C=O) groups excluding carboxylic acids is 2. The van der Waals surface area contributed by atoms with Gasteiger partial charge in [0.1, 0.15) is 12.4 Å². The van der Waals surface area contributed by atoms with E-state index in [1.807, 2.05) is 0 Å². The lowest BCUT2D eigenvalue weighted by atomic mass is 9.33. The van der Waals surface area contributed by atoms with Gasteiger partial charge in [-0.25, -0.2) is 0 Å². The molecule has 0 saturated heterocycles. The van der Waals surface area contributed by atoms with E-state index in [-0.39, 0.29) is 33.4 Å². The second-order valence-corrected chi connectivity index (χ2v) is 14.1. The van der Waals surface area contributed by atoms with Crippen molar-refractivity contribution in [2.75, 3.05) is 0 Å². The number of fused-ring (bicyclic) bond motifs is 7. The normalized spacial score (nSPS) is 51.1. The first kappa shape index (κ1) is 24.0. The summed E-state index contributed by atoms with van der Waals surface area (Å²) < 4.78 is 0. The fraction of sp³-hybridized carbons (Fsp3) is 0.774. The van der Waals surface area contributed by atoms with Crippen molar-refractivity contribution < 1.29 is 9.59 Å². The summed E-state index contributed by atoms with van der Waals surface area (Å²) in [6, 6.07) is 2.27. The van der Waals surface area contributed by atoms with Crippen LogP contribution in [0.2, 0.25) is 0 Å². The third-order valence-corrected chi connectivity index (χ3v) is 12.8. The molecule has 4 saturated carbocycles. The zero-order valence-corrected chi connectivity index (χ0v) is 22.2. The van der Waals surface area contributed by atoms with Gasteiger partial charge in [0.05, 0.1) is 5.57 Å². The molecule has 0 amide bonds. The third kappa shape index (κ3) is 2.64. The number of ketones is 1. The molecule has 9 atom stereocenters. The maximum Gasteiger partial charge on any atom is 0.178 e. The van der Waals surface area contributed by atoms with E-state index in [4.69, 9.17) is 0 Å². The molecule has 0 spiro atoms. The highest BCUT2D eigenvalue weighted by Gasteiger charge is 2.70. The zero-order valence-electron chi connectivity index (χ0n) is 22.2. The van der Waals surface area contributed by atoms with E-state index in [1.165, 1.54) is 11.9 Å². The minimum absolute atomic E-state index is 0.0321. The van der Waals surface area contributed by atoms with E-state index < -0.39 is 5.41 Å². The van der Waals surface area contributed by atoms with Crippen LogP contribution in [0.25, 0.3) is 0 Å². The monoisotopic (exact) mass is 461 g/mol. The van der Waals surface area contributed by atoms with Crippen LogP contribution in [-0.4, -0.2) is 12.1 Å². The van der Waals surface area contributed by atoms with E-state index in [9.17, 15) is 14.9 Å². The maximum atomic E-state index is 13.2. The van der Waals surface area contributed by atoms with E-state index >= 15 is 0 Å². The van der Waals surface area contributed by atoms with Crippen LogP contribution in [0.4, 0.5) is 0 Å². The second kappa shape index (κ2) is 7.18. The summed E-state index contributed by atoms with van der Waals surface area (Å²) in [5, 5.41) is 9.86. The average molecular weight is 462 g/mol. The predicted molar refractivity (Wildman–Crippen MR) is 135 cm³/mol. The molecular formula is C31H43NO2. The molecule has 0 heterocycles. The van der Waals surface area contributed by atoms with Gasteiger partial charge in [0.2, 0.25) is 0 Å². The predicted octanol–water partition coefficient (Wildman–Crippen LogP) is 7.08. The van der Waals surface area contributed by atoms with Gasteiger partial charge in [-0.3, -0.25) is 4.79 Å². The maximum absolute atomic E-state index is 13.2. The summed E-state index contributed by atoms with van der Waals surface area (Å²) in [4.78, 5) is 25.8. The fourth-order valence-electron chi connectivity index (χ4n) is 11.0. The third-order valence-electron chi connectivity index (χ3n) is 12.8. The molecule has 0 N–H and O–H groups in total. The molecule has 5 rings (SSSR count). The molecular weight excluding hydrogens is 418 g/mol. The molecule has 5 aliphatic rings. The van der Waals surface area contributed by atoms with Crippen molar-refractivity contribution in [2.24, 2.45) is 56.7 Å². The van der Waals surface area contributed by atoms with Crippen molar-refractivity contribution in [3.05, 3.63) is 23.8 Å². The minimum atomic E-state index is -0.497. The Labute approximate surface area is 206 Å². The molecule has 0 aromatic carbocycles. The lowest BCUT2D eigenvalue weighted by molar-refractivity contribution is -0.215. The molecule has 3 heteroatoms. The number of nitriles is 1. The van der Waals surface area contributed by atoms with Crippen LogP contribution in [0.3, 0.4) is 0 Å². The Balaban J connectivity index is 1.61. The number of nitrogens with zero attached hydrogens (tertiary/aromatic N) is 1. The van der Waals surface area contributed by atoms with Gasteiger partial charge in [0.15, 0.2) is 5.78 Å². The molecule has 0 aromatic heterocycles. The van der Waals surface area contributed by atoms with Crippen molar-refractivity contribution in [1.29, 1.82) is 5.26 Å². The lowest BCUT2D eigenvalue weighted by Gasteiger charge is -2.71. The van der Waals surface area contributed by atoms with E-state index in [0.717, 1.165) is 51.4 Å². The van der Waals surface area contributed by atoms with Crippen molar-refractivity contribution in [1.82, 2.24) is 0 Å². The molecule has 0 aromatic rings. The highest BCUT2D eigenvalue weighted by molar-refractivity contribution is 6.04. The Morgan fingerprint density at radius 2 is 1.71 bits per heavy atom. The number of carbonyl (C=O) groups is 2. The van der Waals surface area contributed by atoms with Crippen LogP contribution >= 0.6 is 0 Å². The minimum Gasteiger partial charge on any atom is -0.303 e. The van der Waals surface area contributed by atoms with Crippen molar-refractivity contribution in [3.8, 4) is 6.07 Å². The van der Waals surface area contributed by atoms with Crippen molar-refractivity contribution >= 4 is 12.1 Å². The average Bonchev–Trinajstić information content (AvgIpc) is 3.17. The van der Waals surface area contributed by atoms with Gasteiger partial charge in [-0.05, 0) is 104 Å². The van der Waals surface area contributed by atoms with Gasteiger partial charge in [0.25, 0.3) is 0 Å². The smallest absolute Gasteiger partial charge is 0.178 e. The van der Waals surface area contributed by atoms with Crippen LogP contribution < -0.4 is 0 Å². The summed E-state index contributed by atoms with van der Waals surface area (Å²) in [6.07, 6.45) is 12.1. The highest BCUT2D eigenvalue weighted by Crippen LogP contribution is 2.76. The first-order valence-electron chi connectivity index (χ1n) is 13.6. The second-order valence-electron chi connectivity index (χ2n) is 14.1. The molecule has 0 bridgehead atoms. The summed E-state index contributed by atoms with van der Waals surface area (Å²) >= 11 is 0. The Morgan fingerprint density at radius 3 is 2.32 bits per heavy atom. The first-order chi connectivity index (χ1) is 15.8. The van der Waals surface area contributed by atoms with Crippen molar-refractivity contribution in [2.45, 2.75) is 92.9 Å². The molecule has 34 heavy (non-hydrogen) atoms.